The van der Waals surface area contributed by atoms with Crippen LogP contribution in [-0.4, -0.2) is 38.0 Å². The highest BCUT2D eigenvalue weighted by atomic mass is 31.2. The summed E-state index contributed by atoms with van der Waals surface area (Å²) >= 11 is 0. The van der Waals surface area contributed by atoms with Crippen molar-refractivity contribution in [3.05, 3.63) is 0 Å². The summed E-state index contributed by atoms with van der Waals surface area (Å²) in [4.78, 5) is 21.9. The highest BCUT2D eigenvalue weighted by Crippen LogP contribution is 2.53. The molecule has 0 spiro atoms. The number of amides is 1. The Balaban J connectivity index is 4.84. The topological polar surface area (TPSA) is 90.9 Å². The Bertz CT molecular complexity index is 299. The molecule has 0 aliphatic rings. The Kier molecular flexibility index (Phi) is 8.62. The second-order valence-electron chi connectivity index (χ2n) is 3.18. The van der Waals surface area contributed by atoms with E-state index < -0.39 is 19.3 Å². The smallest absolute Gasteiger partial charge is 0.353 e. The van der Waals surface area contributed by atoms with Gasteiger partial charge in [0.05, 0.1) is 26.2 Å². The van der Waals surface area contributed by atoms with Gasteiger partial charge in [0.2, 0.25) is 6.41 Å². The first-order valence-electron chi connectivity index (χ1n) is 5.78. The van der Waals surface area contributed by atoms with Crippen molar-refractivity contribution in [1.82, 2.24) is 5.32 Å². The summed E-state index contributed by atoms with van der Waals surface area (Å²) in [6, 6.07) is 0. The van der Waals surface area contributed by atoms with Crippen LogP contribution in [0.4, 0.5) is 0 Å². The molecule has 0 saturated carbocycles. The molecule has 106 valence electrons. The Hall–Kier alpha value is -0.910. The van der Waals surface area contributed by atoms with E-state index in [4.69, 9.17) is 13.8 Å². The maximum absolute atomic E-state index is 12.4. The number of carbonyl (C=O) groups excluding carboxylic acids is 2. The van der Waals surface area contributed by atoms with Gasteiger partial charge in [0, 0.05) is 0 Å². The average molecular weight is 281 g/mol. The Labute approximate surface area is 107 Å². The fraction of sp³-hybridized carbons (Fsp3) is 0.800. The van der Waals surface area contributed by atoms with Crippen LogP contribution >= 0.6 is 7.60 Å². The summed E-state index contributed by atoms with van der Waals surface area (Å²) in [5.74, 6) is -1.61. The van der Waals surface area contributed by atoms with Crippen LogP contribution in [0.1, 0.15) is 27.2 Å². The predicted molar refractivity (Wildman–Crippen MR) is 65.1 cm³/mol. The summed E-state index contributed by atoms with van der Waals surface area (Å²) in [6.07, 6.45) is 0.0957. The fourth-order valence-corrected chi connectivity index (χ4v) is 3.07. The molecule has 0 rings (SSSR count). The van der Waals surface area contributed by atoms with Crippen molar-refractivity contribution in [2.24, 2.45) is 0 Å². The molecule has 0 aromatic heterocycles. The van der Waals surface area contributed by atoms with Crippen LogP contribution in [0.25, 0.3) is 0 Å². The van der Waals surface area contributed by atoms with Crippen LogP contribution in [-0.2, 0) is 27.9 Å². The van der Waals surface area contributed by atoms with Crippen LogP contribution in [0.3, 0.4) is 0 Å². The van der Waals surface area contributed by atoms with E-state index >= 15 is 0 Å². The van der Waals surface area contributed by atoms with Gasteiger partial charge in [0.25, 0.3) is 0 Å². The van der Waals surface area contributed by atoms with E-state index in [2.05, 4.69) is 5.32 Å². The van der Waals surface area contributed by atoms with E-state index in [0.717, 1.165) is 0 Å². The number of nitrogens with one attached hydrogen (secondary N) is 1. The Morgan fingerprint density at radius 1 is 1.22 bits per heavy atom. The standard InChI is InChI=1S/C10H20NO6P/c1-4-15-10(13)7-9(11-8-12)18(14,16-5-2)17-6-3/h8-9H,4-7H2,1-3H3,(H,11,12). The van der Waals surface area contributed by atoms with E-state index in [1.54, 1.807) is 20.8 Å². The van der Waals surface area contributed by atoms with Crippen molar-refractivity contribution in [2.45, 2.75) is 33.0 Å². The van der Waals surface area contributed by atoms with E-state index in [1.165, 1.54) is 0 Å². The van der Waals surface area contributed by atoms with Crippen molar-refractivity contribution >= 4 is 20.0 Å². The van der Waals surface area contributed by atoms with Gasteiger partial charge in [-0.3, -0.25) is 14.2 Å². The first-order valence-corrected chi connectivity index (χ1v) is 7.39. The van der Waals surface area contributed by atoms with Crippen LogP contribution in [0.15, 0.2) is 0 Å². The normalized spacial score (nSPS) is 12.8. The van der Waals surface area contributed by atoms with Crippen LogP contribution in [0.5, 0.6) is 0 Å². The van der Waals surface area contributed by atoms with Gasteiger partial charge in [-0.1, -0.05) is 0 Å². The third kappa shape index (κ3) is 5.62. The molecule has 0 heterocycles. The minimum atomic E-state index is -3.57. The molecule has 0 radical (unpaired) electrons. The van der Waals surface area contributed by atoms with Crippen LogP contribution in [0, 0.1) is 0 Å². The fourth-order valence-electron chi connectivity index (χ4n) is 1.30. The van der Waals surface area contributed by atoms with E-state index in [-0.39, 0.29) is 26.2 Å². The summed E-state index contributed by atoms with van der Waals surface area (Å²) < 4.78 is 27.2. The number of hydrogen-bond acceptors (Lipinski definition) is 6. The zero-order chi connectivity index (χ0) is 14.0. The van der Waals surface area contributed by atoms with Gasteiger partial charge < -0.3 is 19.1 Å². The predicted octanol–water partition coefficient (Wildman–Crippen LogP) is 1.28. The van der Waals surface area contributed by atoms with Gasteiger partial charge in [-0.25, -0.2) is 0 Å². The molecular formula is C10H20NO6P. The zero-order valence-corrected chi connectivity index (χ0v) is 11.8. The molecule has 0 saturated heterocycles. The Morgan fingerprint density at radius 2 is 1.78 bits per heavy atom. The van der Waals surface area contributed by atoms with Crippen molar-refractivity contribution in [3.63, 3.8) is 0 Å². The highest BCUT2D eigenvalue weighted by Gasteiger charge is 2.37. The van der Waals surface area contributed by atoms with Crippen molar-refractivity contribution < 1.29 is 27.9 Å². The van der Waals surface area contributed by atoms with Gasteiger partial charge in [-0.2, -0.15) is 0 Å². The van der Waals surface area contributed by atoms with E-state index in [0.29, 0.717) is 6.41 Å². The van der Waals surface area contributed by atoms with Gasteiger partial charge in [0.1, 0.15) is 5.78 Å². The monoisotopic (exact) mass is 281 g/mol. The van der Waals surface area contributed by atoms with Gasteiger partial charge in [-0.15, -0.1) is 0 Å². The zero-order valence-electron chi connectivity index (χ0n) is 10.9. The first kappa shape index (κ1) is 17.1. The Morgan fingerprint density at radius 3 is 2.17 bits per heavy atom. The molecule has 18 heavy (non-hydrogen) atoms. The number of ether oxygens (including phenoxy) is 1. The lowest BCUT2D eigenvalue weighted by Crippen LogP contribution is -2.32. The molecule has 8 heteroatoms. The molecule has 0 aliphatic heterocycles. The van der Waals surface area contributed by atoms with Gasteiger partial charge in [0.15, 0.2) is 0 Å². The lowest BCUT2D eigenvalue weighted by Gasteiger charge is -2.24. The molecule has 0 bridgehead atoms. The molecule has 1 amide bonds. The van der Waals surface area contributed by atoms with Crippen molar-refractivity contribution in [1.29, 1.82) is 0 Å². The third-order valence-electron chi connectivity index (χ3n) is 1.93. The molecule has 0 fully saturated rings. The third-order valence-corrected chi connectivity index (χ3v) is 4.26. The molecular weight excluding hydrogens is 261 g/mol. The summed E-state index contributed by atoms with van der Waals surface area (Å²) in [7, 11) is -3.57. The van der Waals surface area contributed by atoms with Crippen LogP contribution in [0.2, 0.25) is 0 Å². The average Bonchev–Trinajstić information content (AvgIpc) is 2.29. The number of hydrogen-bond donors (Lipinski definition) is 1. The summed E-state index contributed by atoms with van der Waals surface area (Å²) in [5.41, 5.74) is 0. The molecule has 1 unspecified atom stereocenters. The van der Waals surface area contributed by atoms with Crippen molar-refractivity contribution in [3.8, 4) is 0 Å². The minimum absolute atomic E-state index is 0.150. The van der Waals surface area contributed by atoms with Gasteiger partial charge >= 0.3 is 13.6 Å². The number of esters is 1. The lowest BCUT2D eigenvalue weighted by atomic mass is 10.4. The quantitative estimate of drug-likeness (QED) is 0.368. The molecule has 0 aromatic carbocycles. The summed E-state index contributed by atoms with van der Waals surface area (Å²) in [6.45, 7) is 5.46. The highest BCUT2D eigenvalue weighted by molar-refractivity contribution is 7.54. The second-order valence-corrected chi connectivity index (χ2v) is 5.40. The molecule has 1 atom stereocenters. The lowest BCUT2D eigenvalue weighted by molar-refractivity contribution is -0.143. The maximum Gasteiger partial charge on any atom is 0.353 e. The first-order chi connectivity index (χ1) is 8.53. The van der Waals surface area contributed by atoms with Crippen LogP contribution < -0.4 is 5.32 Å². The molecule has 1 N–H and O–H groups in total. The second kappa shape index (κ2) is 9.08. The maximum atomic E-state index is 12.4. The minimum Gasteiger partial charge on any atom is -0.466 e. The molecule has 7 nitrogen and oxygen atoms in total. The van der Waals surface area contributed by atoms with Crippen molar-refractivity contribution in [2.75, 3.05) is 19.8 Å². The van der Waals surface area contributed by atoms with E-state index in [1.807, 2.05) is 0 Å². The molecule has 0 aromatic rings. The largest absolute Gasteiger partial charge is 0.466 e. The summed E-state index contributed by atoms with van der Waals surface area (Å²) in [5, 5.41) is 2.29. The van der Waals surface area contributed by atoms with E-state index in [9.17, 15) is 14.2 Å². The SMILES string of the molecule is CCOC(=O)CC(NC=O)P(=O)(OCC)OCC. The molecule has 0 aliphatic carbocycles. The number of carbonyl (C=O) groups is 2. The number of rotatable bonds is 10. The van der Waals surface area contributed by atoms with Gasteiger partial charge in [-0.05, 0) is 20.8 Å².